The fourth-order valence-corrected chi connectivity index (χ4v) is 2.53. The van der Waals surface area contributed by atoms with Crippen molar-refractivity contribution >= 4 is 22.5 Å². The lowest BCUT2D eigenvalue weighted by molar-refractivity contribution is 1.04. The molecule has 1 N–H and O–H groups in total. The third-order valence-electron chi connectivity index (χ3n) is 3.57. The number of anilines is 1. The zero-order chi connectivity index (χ0) is 14.1. The number of rotatable bonds is 3. The first-order chi connectivity index (χ1) is 10.4. The molecule has 0 atom stereocenters. The van der Waals surface area contributed by atoms with Gasteiger partial charge in [-0.1, -0.05) is 48.5 Å². The van der Waals surface area contributed by atoms with Crippen LogP contribution in [-0.2, 0) is 6.54 Å². The Hall–Kier alpha value is -2.88. The van der Waals surface area contributed by atoms with Crippen LogP contribution in [0.1, 0.15) is 5.56 Å². The summed E-state index contributed by atoms with van der Waals surface area (Å²) in [5, 5.41) is 13.0. The molecule has 4 heteroatoms. The summed E-state index contributed by atoms with van der Waals surface area (Å²) in [6.07, 6.45) is 0. The lowest BCUT2D eigenvalue weighted by atomic mass is 10.2. The van der Waals surface area contributed by atoms with Gasteiger partial charge in [-0.05, 0) is 29.1 Å². The van der Waals surface area contributed by atoms with Crippen molar-refractivity contribution in [2.75, 3.05) is 5.32 Å². The van der Waals surface area contributed by atoms with E-state index in [1.165, 1.54) is 10.9 Å². The molecule has 0 fully saturated rings. The van der Waals surface area contributed by atoms with Gasteiger partial charge in [0.2, 0.25) is 5.95 Å². The Labute approximate surface area is 122 Å². The second-order valence-electron chi connectivity index (χ2n) is 4.95. The van der Waals surface area contributed by atoms with Gasteiger partial charge < -0.3 is 5.32 Å². The largest absolute Gasteiger partial charge is 0.350 e. The van der Waals surface area contributed by atoms with Crippen LogP contribution in [0.15, 0.2) is 66.7 Å². The molecule has 4 nitrogen and oxygen atoms in total. The molecule has 21 heavy (non-hydrogen) atoms. The van der Waals surface area contributed by atoms with Crippen LogP contribution in [0.2, 0.25) is 0 Å². The molecule has 2 aromatic carbocycles. The van der Waals surface area contributed by atoms with Crippen LogP contribution >= 0.6 is 0 Å². The van der Waals surface area contributed by atoms with Crippen LogP contribution in [-0.4, -0.2) is 14.6 Å². The topological polar surface area (TPSA) is 42.2 Å². The average molecular weight is 274 g/mol. The number of fused-ring (bicyclic) bond motifs is 3. The first-order valence-electron chi connectivity index (χ1n) is 6.92. The number of hydrogen-bond donors (Lipinski definition) is 1. The number of nitrogens with zero attached hydrogens (tertiary/aromatic N) is 3. The second kappa shape index (κ2) is 4.90. The number of para-hydroxylation sites is 1. The second-order valence-corrected chi connectivity index (χ2v) is 4.95. The summed E-state index contributed by atoms with van der Waals surface area (Å²) in [5.74, 6) is 0.769. The highest BCUT2D eigenvalue weighted by atomic mass is 15.3. The summed E-state index contributed by atoms with van der Waals surface area (Å²) < 4.78 is 2.05. The minimum absolute atomic E-state index is 0.727. The van der Waals surface area contributed by atoms with E-state index in [9.17, 15) is 0 Å². The van der Waals surface area contributed by atoms with Crippen molar-refractivity contribution in [1.82, 2.24) is 14.6 Å². The molecule has 0 aliphatic carbocycles. The molecule has 2 aromatic heterocycles. The molecule has 0 aliphatic rings. The normalized spacial score (nSPS) is 11.0. The van der Waals surface area contributed by atoms with Crippen LogP contribution in [0.4, 0.5) is 5.95 Å². The van der Waals surface area contributed by atoms with E-state index in [-0.39, 0.29) is 0 Å². The van der Waals surface area contributed by atoms with E-state index in [4.69, 9.17) is 0 Å². The van der Waals surface area contributed by atoms with Gasteiger partial charge in [0.1, 0.15) is 0 Å². The molecule has 0 saturated carbocycles. The van der Waals surface area contributed by atoms with Crippen LogP contribution in [0.5, 0.6) is 0 Å². The highest BCUT2D eigenvalue weighted by Gasteiger charge is 2.07. The summed E-state index contributed by atoms with van der Waals surface area (Å²) in [5.41, 5.74) is 3.18. The molecule has 4 rings (SSSR count). The number of nitrogens with one attached hydrogen (secondary N) is 1. The maximum absolute atomic E-state index is 4.26. The Morgan fingerprint density at radius 3 is 2.52 bits per heavy atom. The highest BCUT2D eigenvalue weighted by Crippen LogP contribution is 2.19. The highest BCUT2D eigenvalue weighted by molar-refractivity contribution is 5.83. The summed E-state index contributed by atoms with van der Waals surface area (Å²) in [4.78, 5) is 0. The van der Waals surface area contributed by atoms with Crippen LogP contribution in [0.3, 0.4) is 0 Å². The van der Waals surface area contributed by atoms with Gasteiger partial charge in [0.05, 0.1) is 5.52 Å². The smallest absolute Gasteiger partial charge is 0.229 e. The molecule has 0 bridgehead atoms. The summed E-state index contributed by atoms with van der Waals surface area (Å²) in [6, 6.07) is 22.6. The van der Waals surface area contributed by atoms with Gasteiger partial charge in [0, 0.05) is 6.54 Å². The van der Waals surface area contributed by atoms with Gasteiger partial charge in [-0.3, -0.25) is 4.40 Å². The Bertz CT molecular complexity index is 896. The van der Waals surface area contributed by atoms with Crippen LogP contribution in [0.25, 0.3) is 16.6 Å². The van der Waals surface area contributed by atoms with E-state index in [1.54, 1.807) is 0 Å². The van der Waals surface area contributed by atoms with E-state index < -0.39 is 0 Å². The Balaban J connectivity index is 1.77. The van der Waals surface area contributed by atoms with Crippen molar-refractivity contribution in [2.24, 2.45) is 0 Å². The fraction of sp³-hybridized carbons (Fsp3) is 0.0588. The predicted octanol–water partition coefficient (Wildman–Crippen LogP) is 3.49. The minimum Gasteiger partial charge on any atom is -0.350 e. The van der Waals surface area contributed by atoms with E-state index >= 15 is 0 Å². The maximum atomic E-state index is 4.26. The summed E-state index contributed by atoms with van der Waals surface area (Å²) in [7, 11) is 0. The quantitative estimate of drug-likeness (QED) is 0.622. The molecule has 0 amide bonds. The van der Waals surface area contributed by atoms with Crippen molar-refractivity contribution in [3.63, 3.8) is 0 Å². The van der Waals surface area contributed by atoms with Gasteiger partial charge in [0.25, 0.3) is 0 Å². The average Bonchev–Trinajstić information content (AvgIpc) is 2.97. The molecular weight excluding hydrogens is 260 g/mol. The first kappa shape index (κ1) is 11.9. The van der Waals surface area contributed by atoms with Gasteiger partial charge in [-0.25, -0.2) is 0 Å². The van der Waals surface area contributed by atoms with Crippen molar-refractivity contribution in [3.05, 3.63) is 72.3 Å². The van der Waals surface area contributed by atoms with Crippen molar-refractivity contribution in [3.8, 4) is 0 Å². The fourth-order valence-electron chi connectivity index (χ4n) is 2.53. The van der Waals surface area contributed by atoms with Gasteiger partial charge in [-0.15, -0.1) is 10.2 Å². The first-order valence-corrected chi connectivity index (χ1v) is 6.92. The van der Waals surface area contributed by atoms with Crippen LogP contribution < -0.4 is 5.32 Å². The van der Waals surface area contributed by atoms with E-state index in [2.05, 4.69) is 50.2 Å². The van der Waals surface area contributed by atoms with Crippen molar-refractivity contribution < 1.29 is 0 Å². The van der Waals surface area contributed by atoms with E-state index in [0.29, 0.717) is 0 Å². The zero-order valence-corrected chi connectivity index (χ0v) is 11.4. The zero-order valence-electron chi connectivity index (χ0n) is 11.4. The Morgan fingerprint density at radius 1 is 0.810 bits per heavy atom. The minimum atomic E-state index is 0.727. The van der Waals surface area contributed by atoms with E-state index in [1.807, 2.05) is 36.4 Å². The molecular formula is C17H14N4. The third-order valence-corrected chi connectivity index (χ3v) is 3.57. The van der Waals surface area contributed by atoms with Gasteiger partial charge >= 0.3 is 0 Å². The van der Waals surface area contributed by atoms with Gasteiger partial charge in [-0.2, -0.15) is 0 Å². The maximum Gasteiger partial charge on any atom is 0.229 e. The molecule has 102 valence electrons. The van der Waals surface area contributed by atoms with Crippen molar-refractivity contribution in [1.29, 1.82) is 0 Å². The number of benzene rings is 2. The predicted molar refractivity (Wildman–Crippen MR) is 84.3 cm³/mol. The SMILES string of the molecule is c1ccc(CNc2nnc3ccc4ccccc4n23)cc1. The number of hydrogen-bond acceptors (Lipinski definition) is 3. The molecule has 4 aromatic rings. The van der Waals surface area contributed by atoms with Crippen LogP contribution in [0, 0.1) is 0 Å². The number of aromatic nitrogens is 3. The monoisotopic (exact) mass is 274 g/mol. The lowest BCUT2D eigenvalue weighted by Gasteiger charge is -2.07. The molecule has 0 saturated heterocycles. The summed E-state index contributed by atoms with van der Waals surface area (Å²) in [6.45, 7) is 0.727. The standard InChI is InChI=1S/C17H14N4/c1-2-6-13(7-3-1)12-18-17-20-19-16-11-10-14-8-4-5-9-15(14)21(16)17/h1-11H,12H2,(H,18,20). The summed E-state index contributed by atoms with van der Waals surface area (Å²) >= 11 is 0. The van der Waals surface area contributed by atoms with E-state index in [0.717, 1.165) is 23.7 Å². The van der Waals surface area contributed by atoms with Crippen molar-refractivity contribution in [2.45, 2.75) is 6.54 Å². The molecule has 0 aliphatic heterocycles. The number of pyridine rings is 1. The Kier molecular flexibility index (Phi) is 2.78. The lowest BCUT2D eigenvalue weighted by Crippen LogP contribution is -2.03. The molecule has 0 unspecified atom stereocenters. The molecule has 2 heterocycles. The molecule has 0 spiro atoms. The van der Waals surface area contributed by atoms with Gasteiger partial charge in [0.15, 0.2) is 5.65 Å². The Morgan fingerprint density at radius 2 is 1.62 bits per heavy atom. The molecule has 0 radical (unpaired) electrons. The third kappa shape index (κ3) is 2.10.